The lowest BCUT2D eigenvalue weighted by Crippen LogP contribution is -2.39. The van der Waals surface area contributed by atoms with E-state index in [0.717, 1.165) is 10.6 Å². The van der Waals surface area contributed by atoms with Crippen LogP contribution in [-0.2, 0) is 35.4 Å². The number of halogens is 1. The standard InChI is InChI=1S/C17H18ClN5O6S/c1-21-9-20-14-13(21)15(24)23(17(26)22(14)2)6-3-7-29-16(25)10-4-5-11(18)12(8-10)30(19,27)28/h4-5,8-9H,3,6-7H2,1-2H3,(H2,19,27,28). The molecule has 3 rings (SSSR count). The first-order valence-electron chi connectivity index (χ1n) is 8.62. The van der Waals surface area contributed by atoms with Crippen molar-refractivity contribution < 1.29 is 17.9 Å². The zero-order chi connectivity index (χ0) is 22.2. The number of carbonyl (C=O) groups excluding carboxylic acids is 1. The van der Waals surface area contributed by atoms with E-state index in [4.69, 9.17) is 21.5 Å². The molecule has 160 valence electrons. The molecule has 30 heavy (non-hydrogen) atoms. The number of esters is 1. The summed E-state index contributed by atoms with van der Waals surface area (Å²) in [5, 5.41) is 4.95. The van der Waals surface area contributed by atoms with Crippen molar-refractivity contribution in [1.29, 1.82) is 0 Å². The lowest BCUT2D eigenvalue weighted by Gasteiger charge is -2.10. The number of sulfonamides is 1. The second kappa shape index (κ2) is 8.05. The minimum absolute atomic E-state index is 0.0168. The maximum Gasteiger partial charge on any atom is 0.338 e. The summed E-state index contributed by atoms with van der Waals surface area (Å²) in [4.78, 5) is 40.8. The van der Waals surface area contributed by atoms with Crippen molar-refractivity contribution in [2.24, 2.45) is 19.2 Å². The number of hydrogen-bond donors (Lipinski definition) is 1. The summed E-state index contributed by atoms with van der Waals surface area (Å²) in [7, 11) is -0.944. The number of aromatic nitrogens is 4. The van der Waals surface area contributed by atoms with Crippen LogP contribution in [0.15, 0.2) is 39.0 Å². The van der Waals surface area contributed by atoms with Crippen LogP contribution < -0.4 is 16.4 Å². The molecule has 0 saturated carbocycles. The molecule has 0 radical (unpaired) electrons. The summed E-state index contributed by atoms with van der Waals surface area (Å²) >= 11 is 5.79. The van der Waals surface area contributed by atoms with E-state index in [1.54, 1.807) is 7.05 Å². The minimum Gasteiger partial charge on any atom is -0.462 e. The van der Waals surface area contributed by atoms with Gasteiger partial charge in [0.15, 0.2) is 11.2 Å². The van der Waals surface area contributed by atoms with Crippen LogP contribution in [0.25, 0.3) is 11.2 Å². The highest BCUT2D eigenvalue weighted by Crippen LogP contribution is 2.21. The van der Waals surface area contributed by atoms with Gasteiger partial charge in [0, 0.05) is 20.6 Å². The lowest BCUT2D eigenvalue weighted by molar-refractivity contribution is 0.0495. The summed E-state index contributed by atoms with van der Waals surface area (Å²) in [5.41, 5.74) is -0.509. The van der Waals surface area contributed by atoms with Gasteiger partial charge in [0.25, 0.3) is 5.56 Å². The molecule has 0 aliphatic heterocycles. The van der Waals surface area contributed by atoms with E-state index < -0.39 is 32.1 Å². The van der Waals surface area contributed by atoms with E-state index in [-0.39, 0.29) is 41.3 Å². The number of benzene rings is 1. The van der Waals surface area contributed by atoms with E-state index in [2.05, 4.69) is 4.98 Å². The topological polar surface area (TPSA) is 148 Å². The molecule has 0 atom stereocenters. The largest absolute Gasteiger partial charge is 0.462 e. The van der Waals surface area contributed by atoms with Crippen LogP contribution in [0.1, 0.15) is 16.8 Å². The molecule has 13 heteroatoms. The van der Waals surface area contributed by atoms with Crippen LogP contribution in [0.2, 0.25) is 5.02 Å². The Bertz CT molecular complexity index is 1370. The number of nitrogens with two attached hydrogens (primary N) is 1. The van der Waals surface area contributed by atoms with Crippen molar-refractivity contribution >= 4 is 38.8 Å². The van der Waals surface area contributed by atoms with E-state index in [0.29, 0.717) is 0 Å². The van der Waals surface area contributed by atoms with Crippen LogP contribution in [0.3, 0.4) is 0 Å². The summed E-state index contributed by atoms with van der Waals surface area (Å²) in [6.07, 6.45) is 1.62. The predicted molar refractivity (Wildman–Crippen MR) is 108 cm³/mol. The smallest absolute Gasteiger partial charge is 0.338 e. The Labute approximate surface area is 175 Å². The molecule has 0 fully saturated rings. The second-order valence-electron chi connectivity index (χ2n) is 6.51. The molecule has 2 heterocycles. The van der Waals surface area contributed by atoms with Gasteiger partial charge in [-0.15, -0.1) is 0 Å². The van der Waals surface area contributed by atoms with Gasteiger partial charge in [0.05, 0.1) is 23.5 Å². The highest BCUT2D eigenvalue weighted by molar-refractivity contribution is 7.89. The van der Waals surface area contributed by atoms with Gasteiger partial charge < -0.3 is 9.30 Å². The maximum atomic E-state index is 12.6. The highest BCUT2D eigenvalue weighted by atomic mass is 35.5. The van der Waals surface area contributed by atoms with Crippen molar-refractivity contribution in [1.82, 2.24) is 18.7 Å². The first kappa shape index (κ1) is 21.7. The zero-order valence-electron chi connectivity index (χ0n) is 16.0. The Balaban J connectivity index is 1.72. The molecule has 3 aromatic rings. The van der Waals surface area contributed by atoms with E-state index >= 15 is 0 Å². The molecule has 11 nitrogen and oxygen atoms in total. The summed E-state index contributed by atoms with van der Waals surface area (Å²) < 4.78 is 32.0. The quantitative estimate of drug-likeness (QED) is 0.405. The number of aryl methyl sites for hydroxylation is 2. The first-order valence-corrected chi connectivity index (χ1v) is 10.5. The van der Waals surface area contributed by atoms with Gasteiger partial charge in [-0.3, -0.25) is 13.9 Å². The number of rotatable bonds is 6. The third kappa shape index (κ3) is 4.01. The fourth-order valence-corrected chi connectivity index (χ4v) is 3.98. The zero-order valence-corrected chi connectivity index (χ0v) is 17.6. The van der Waals surface area contributed by atoms with Crippen LogP contribution in [0.4, 0.5) is 0 Å². The molecule has 0 spiro atoms. The number of hydrogen-bond acceptors (Lipinski definition) is 7. The number of carbonyl (C=O) groups is 1. The normalized spacial score (nSPS) is 11.7. The van der Waals surface area contributed by atoms with Gasteiger partial charge in [0.2, 0.25) is 10.0 Å². The van der Waals surface area contributed by atoms with Gasteiger partial charge in [-0.2, -0.15) is 0 Å². The van der Waals surface area contributed by atoms with Gasteiger partial charge in [-0.05, 0) is 24.6 Å². The Kier molecular flexibility index (Phi) is 5.83. The van der Waals surface area contributed by atoms with Crippen LogP contribution in [0.5, 0.6) is 0 Å². The molecule has 0 amide bonds. The molecule has 0 bridgehead atoms. The summed E-state index contributed by atoms with van der Waals surface area (Å²) in [5.74, 6) is -0.793. The number of fused-ring (bicyclic) bond motifs is 1. The fourth-order valence-electron chi connectivity index (χ4n) is 2.91. The van der Waals surface area contributed by atoms with Crippen molar-refractivity contribution in [3.05, 3.63) is 56.0 Å². The van der Waals surface area contributed by atoms with Crippen molar-refractivity contribution in [3.63, 3.8) is 0 Å². The second-order valence-corrected chi connectivity index (χ2v) is 8.44. The highest BCUT2D eigenvalue weighted by Gasteiger charge is 2.18. The lowest BCUT2D eigenvalue weighted by atomic mass is 10.2. The van der Waals surface area contributed by atoms with Crippen molar-refractivity contribution in [3.8, 4) is 0 Å². The van der Waals surface area contributed by atoms with E-state index in [1.165, 1.54) is 34.6 Å². The minimum atomic E-state index is -4.10. The van der Waals surface area contributed by atoms with E-state index in [9.17, 15) is 22.8 Å². The molecular formula is C17H18ClN5O6S. The van der Waals surface area contributed by atoms with Crippen molar-refractivity contribution in [2.75, 3.05) is 6.61 Å². The monoisotopic (exact) mass is 455 g/mol. The fraction of sp³-hybridized carbons (Fsp3) is 0.294. The number of imidazole rings is 1. The molecule has 0 unspecified atom stereocenters. The first-order chi connectivity index (χ1) is 14.0. The molecule has 0 aliphatic carbocycles. The molecule has 2 aromatic heterocycles. The van der Waals surface area contributed by atoms with Crippen LogP contribution in [-0.4, -0.2) is 39.7 Å². The third-order valence-corrected chi connectivity index (χ3v) is 5.83. The van der Waals surface area contributed by atoms with Gasteiger partial charge >= 0.3 is 11.7 Å². The third-order valence-electron chi connectivity index (χ3n) is 4.43. The Morgan fingerprint density at radius 1 is 1.27 bits per heavy atom. The van der Waals surface area contributed by atoms with Crippen LogP contribution in [0, 0.1) is 0 Å². The number of nitrogens with zero attached hydrogens (tertiary/aromatic N) is 4. The van der Waals surface area contributed by atoms with Crippen molar-refractivity contribution in [2.45, 2.75) is 17.9 Å². The molecule has 1 aromatic carbocycles. The molecule has 0 aliphatic rings. The maximum absolute atomic E-state index is 12.6. The summed E-state index contributed by atoms with van der Waals surface area (Å²) in [6, 6.07) is 3.55. The SMILES string of the molecule is Cn1cnc2c1c(=O)n(CCCOC(=O)c1ccc(Cl)c(S(N)(=O)=O)c1)c(=O)n2C. The van der Waals surface area contributed by atoms with E-state index in [1.807, 2.05) is 0 Å². The average molecular weight is 456 g/mol. The van der Waals surface area contributed by atoms with Gasteiger partial charge in [-0.1, -0.05) is 11.6 Å². The van der Waals surface area contributed by atoms with Gasteiger partial charge in [-0.25, -0.2) is 28.1 Å². The number of primary sulfonamides is 1. The Morgan fingerprint density at radius 2 is 1.97 bits per heavy atom. The molecule has 0 saturated heterocycles. The predicted octanol–water partition coefficient (Wildman–Crippen LogP) is -0.0184. The Morgan fingerprint density at radius 3 is 2.63 bits per heavy atom. The molecular weight excluding hydrogens is 438 g/mol. The van der Waals surface area contributed by atoms with Gasteiger partial charge in [0.1, 0.15) is 4.90 Å². The van der Waals surface area contributed by atoms with Crippen LogP contribution >= 0.6 is 11.6 Å². The number of ether oxygens (including phenoxy) is 1. The average Bonchev–Trinajstić information content (AvgIpc) is 3.06. The summed E-state index contributed by atoms with van der Waals surface area (Å²) in [6.45, 7) is -0.0891. The molecule has 2 N–H and O–H groups in total. The Hall–Kier alpha value is -2.96.